The lowest BCUT2D eigenvalue weighted by Crippen LogP contribution is -2.40. The summed E-state index contributed by atoms with van der Waals surface area (Å²) in [7, 11) is 0. The summed E-state index contributed by atoms with van der Waals surface area (Å²) < 4.78 is 0. The smallest absolute Gasteiger partial charge is 0.303 e. The first-order chi connectivity index (χ1) is 8.00. The molecule has 5 heteroatoms. The zero-order valence-electron chi connectivity index (χ0n) is 9.94. The molecule has 1 N–H and O–H groups in total. The number of imide groups is 1. The van der Waals surface area contributed by atoms with Crippen LogP contribution in [0.2, 0.25) is 0 Å². The average Bonchev–Trinajstić information content (AvgIpc) is 2.25. The third-order valence-electron chi connectivity index (χ3n) is 2.74. The second-order valence-electron chi connectivity index (χ2n) is 4.20. The van der Waals surface area contributed by atoms with Gasteiger partial charge in [0, 0.05) is 25.8 Å². The van der Waals surface area contributed by atoms with Crippen molar-refractivity contribution in [2.45, 2.75) is 39.0 Å². The molecule has 0 aromatic carbocycles. The molecule has 0 aromatic heterocycles. The molecule has 0 spiro atoms. The number of rotatable bonds is 5. The zero-order chi connectivity index (χ0) is 12.8. The molecule has 94 valence electrons. The number of piperidine rings is 1. The number of carboxylic acid groups (broad SMARTS) is 1. The Kier molecular flexibility index (Phi) is 4.87. The molecule has 1 fully saturated rings. The predicted molar refractivity (Wildman–Crippen MR) is 61.2 cm³/mol. The number of hydrogen-bond donors (Lipinski definition) is 1. The maximum atomic E-state index is 11.5. The van der Waals surface area contributed by atoms with Gasteiger partial charge in [0.15, 0.2) is 0 Å². The Morgan fingerprint density at radius 1 is 1.29 bits per heavy atom. The van der Waals surface area contributed by atoms with Crippen LogP contribution >= 0.6 is 0 Å². The molecule has 2 amide bonds. The second kappa shape index (κ2) is 6.18. The summed E-state index contributed by atoms with van der Waals surface area (Å²) in [6, 6.07) is 0. The standard InChI is InChI=1S/C12H17NO4/c1-9(5-6-12(16)17)7-8-13-10(14)3-2-4-11(13)15/h7H,2-6,8H2,1H3,(H,16,17). The van der Waals surface area contributed by atoms with Crippen molar-refractivity contribution in [3.63, 3.8) is 0 Å². The quantitative estimate of drug-likeness (QED) is 0.580. The van der Waals surface area contributed by atoms with Gasteiger partial charge in [-0.3, -0.25) is 19.3 Å². The van der Waals surface area contributed by atoms with Crippen molar-refractivity contribution in [1.82, 2.24) is 4.90 Å². The number of aliphatic carboxylic acids is 1. The predicted octanol–water partition coefficient (Wildman–Crippen LogP) is 1.34. The largest absolute Gasteiger partial charge is 0.481 e. The third-order valence-corrected chi connectivity index (χ3v) is 2.74. The molecule has 0 aliphatic carbocycles. The van der Waals surface area contributed by atoms with E-state index in [1.807, 2.05) is 6.92 Å². The molecular formula is C12H17NO4. The van der Waals surface area contributed by atoms with Gasteiger partial charge in [0.05, 0.1) is 0 Å². The van der Waals surface area contributed by atoms with Crippen LogP contribution in [0.15, 0.2) is 11.6 Å². The van der Waals surface area contributed by atoms with E-state index in [1.54, 1.807) is 6.08 Å². The average molecular weight is 239 g/mol. The minimum atomic E-state index is -0.845. The third kappa shape index (κ3) is 4.38. The Balaban J connectivity index is 2.47. The van der Waals surface area contributed by atoms with Crippen LogP contribution in [-0.2, 0) is 14.4 Å². The second-order valence-corrected chi connectivity index (χ2v) is 4.20. The van der Waals surface area contributed by atoms with E-state index in [1.165, 1.54) is 4.90 Å². The highest BCUT2D eigenvalue weighted by Crippen LogP contribution is 2.13. The maximum Gasteiger partial charge on any atom is 0.303 e. The van der Waals surface area contributed by atoms with E-state index in [-0.39, 0.29) is 24.8 Å². The normalized spacial score (nSPS) is 17.5. The summed E-state index contributed by atoms with van der Waals surface area (Å²) in [6.45, 7) is 2.07. The van der Waals surface area contributed by atoms with Crippen molar-refractivity contribution < 1.29 is 19.5 Å². The van der Waals surface area contributed by atoms with Crippen LogP contribution in [0, 0.1) is 0 Å². The van der Waals surface area contributed by atoms with Gasteiger partial charge in [0.1, 0.15) is 0 Å². The Hall–Kier alpha value is -1.65. The number of nitrogens with zero attached hydrogens (tertiary/aromatic N) is 1. The van der Waals surface area contributed by atoms with Gasteiger partial charge >= 0.3 is 5.97 Å². The van der Waals surface area contributed by atoms with Crippen LogP contribution in [0.4, 0.5) is 0 Å². The lowest BCUT2D eigenvalue weighted by Gasteiger charge is -2.23. The van der Waals surface area contributed by atoms with E-state index in [9.17, 15) is 14.4 Å². The van der Waals surface area contributed by atoms with Crippen LogP contribution in [-0.4, -0.2) is 34.3 Å². The molecular weight excluding hydrogens is 222 g/mol. The summed E-state index contributed by atoms with van der Waals surface area (Å²) in [5.74, 6) is -1.12. The van der Waals surface area contributed by atoms with E-state index in [0.29, 0.717) is 25.7 Å². The van der Waals surface area contributed by atoms with Gasteiger partial charge in [0.2, 0.25) is 11.8 Å². The highest BCUT2D eigenvalue weighted by molar-refractivity contribution is 5.97. The molecule has 5 nitrogen and oxygen atoms in total. The van der Waals surface area contributed by atoms with Crippen LogP contribution in [0.5, 0.6) is 0 Å². The molecule has 0 unspecified atom stereocenters. The monoisotopic (exact) mass is 239 g/mol. The van der Waals surface area contributed by atoms with E-state index in [2.05, 4.69) is 0 Å². The molecule has 17 heavy (non-hydrogen) atoms. The number of carboxylic acids is 1. The molecule has 1 saturated heterocycles. The Labute approximate surface area is 100 Å². The van der Waals surface area contributed by atoms with Crippen molar-refractivity contribution in [3.8, 4) is 0 Å². The summed E-state index contributed by atoms with van der Waals surface area (Å²) in [4.78, 5) is 34.5. The van der Waals surface area contributed by atoms with Gasteiger partial charge in [-0.05, 0) is 19.8 Å². The lowest BCUT2D eigenvalue weighted by atomic mass is 10.1. The number of hydrogen-bond acceptors (Lipinski definition) is 3. The molecule has 1 aliphatic rings. The molecule has 0 saturated carbocycles. The minimum Gasteiger partial charge on any atom is -0.481 e. The van der Waals surface area contributed by atoms with Crippen molar-refractivity contribution >= 4 is 17.8 Å². The molecule has 0 radical (unpaired) electrons. The Bertz CT molecular complexity index is 344. The SMILES string of the molecule is CC(=CCN1C(=O)CCCC1=O)CCC(=O)O. The number of allylic oxidation sites excluding steroid dienone is 1. The molecule has 0 bridgehead atoms. The highest BCUT2D eigenvalue weighted by Gasteiger charge is 2.24. The van der Waals surface area contributed by atoms with Gasteiger partial charge in [0.25, 0.3) is 0 Å². The van der Waals surface area contributed by atoms with Gasteiger partial charge < -0.3 is 5.11 Å². The first-order valence-corrected chi connectivity index (χ1v) is 5.71. The summed E-state index contributed by atoms with van der Waals surface area (Å²) >= 11 is 0. The summed E-state index contributed by atoms with van der Waals surface area (Å²) in [5.41, 5.74) is 0.888. The Morgan fingerprint density at radius 3 is 2.41 bits per heavy atom. The number of carbonyl (C=O) groups excluding carboxylic acids is 2. The fourth-order valence-electron chi connectivity index (χ4n) is 1.66. The lowest BCUT2D eigenvalue weighted by molar-refractivity contribution is -0.147. The maximum absolute atomic E-state index is 11.5. The van der Waals surface area contributed by atoms with Crippen molar-refractivity contribution in [2.75, 3.05) is 6.54 Å². The minimum absolute atomic E-state index is 0.0736. The molecule has 1 aliphatic heterocycles. The van der Waals surface area contributed by atoms with Gasteiger partial charge in [-0.2, -0.15) is 0 Å². The first kappa shape index (κ1) is 13.4. The van der Waals surface area contributed by atoms with Crippen molar-refractivity contribution in [1.29, 1.82) is 0 Å². The van der Waals surface area contributed by atoms with Gasteiger partial charge in [-0.25, -0.2) is 0 Å². The van der Waals surface area contributed by atoms with Crippen molar-refractivity contribution in [3.05, 3.63) is 11.6 Å². The number of likely N-dealkylation sites (tertiary alicyclic amines) is 1. The first-order valence-electron chi connectivity index (χ1n) is 5.71. The summed E-state index contributed by atoms with van der Waals surface area (Å²) in [6.07, 6.45) is 3.76. The summed E-state index contributed by atoms with van der Waals surface area (Å²) in [5, 5.41) is 8.52. The topological polar surface area (TPSA) is 74.7 Å². The number of carbonyl (C=O) groups is 3. The van der Waals surface area contributed by atoms with Gasteiger partial charge in [-0.1, -0.05) is 11.6 Å². The van der Waals surface area contributed by atoms with E-state index in [4.69, 9.17) is 5.11 Å². The van der Waals surface area contributed by atoms with Crippen LogP contribution in [0.3, 0.4) is 0 Å². The fraction of sp³-hybridized carbons (Fsp3) is 0.583. The molecule has 1 heterocycles. The zero-order valence-corrected chi connectivity index (χ0v) is 9.94. The van der Waals surface area contributed by atoms with E-state index >= 15 is 0 Å². The Morgan fingerprint density at radius 2 is 1.88 bits per heavy atom. The molecule has 0 atom stereocenters. The van der Waals surface area contributed by atoms with E-state index in [0.717, 1.165) is 5.57 Å². The van der Waals surface area contributed by atoms with E-state index < -0.39 is 5.97 Å². The van der Waals surface area contributed by atoms with Crippen LogP contribution in [0.1, 0.15) is 39.0 Å². The van der Waals surface area contributed by atoms with Crippen LogP contribution in [0.25, 0.3) is 0 Å². The highest BCUT2D eigenvalue weighted by atomic mass is 16.4. The molecule has 0 aromatic rings. The molecule has 1 rings (SSSR count). The fourth-order valence-corrected chi connectivity index (χ4v) is 1.66. The van der Waals surface area contributed by atoms with Crippen LogP contribution < -0.4 is 0 Å². The number of amides is 2. The van der Waals surface area contributed by atoms with Gasteiger partial charge in [-0.15, -0.1) is 0 Å². The van der Waals surface area contributed by atoms with Crippen molar-refractivity contribution in [2.24, 2.45) is 0 Å².